The van der Waals surface area contributed by atoms with Gasteiger partial charge in [0.1, 0.15) is 0 Å². The Balaban J connectivity index is 3.13. The van der Waals surface area contributed by atoms with Gasteiger partial charge in [-0.1, -0.05) is 71.7 Å². The van der Waals surface area contributed by atoms with Crippen molar-refractivity contribution in [2.45, 2.75) is 71.1 Å². The van der Waals surface area contributed by atoms with Crippen LogP contribution in [0.3, 0.4) is 0 Å². The molecule has 0 aliphatic rings. The van der Waals surface area contributed by atoms with E-state index in [2.05, 4.69) is 71.2 Å². The van der Waals surface area contributed by atoms with Gasteiger partial charge in [0.05, 0.1) is 0 Å². The predicted octanol–water partition coefficient (Wildman–Crippen LogP) is 5.04. The Labute approximate surface area is 126 Å². The van der Waals surface area contributed by atoms with Gasteiger partial charge >= 0.3 is 0 Å². The Kier molecular flexibility index (Phi) is 6.26. The number of rotatable bonds is 7. The molecule has 0 bridgehead atoms. The summed E-state index contributed by atoms with van der Waals surface area (Å²) in [6.45, 7) is 12.5. The average Bonchev–Trinajstić information content (AvgIpc) is 2.38. The maximum Gasteiger partial charge on any atom is 0.00774 e. The molecule has 0 saturated heterocycles. The molecule has 0 aromatic heterocycles. The van der Waals surface area contributed by atoms with Crippen LogP contribution in [0.4, 0.5) is 0 Å². The molecule has 0 heterocycles. The predicted molar refractivity (Wildman–Crippen MR) is 90.6 cm³/mol. The summed E-state index contributed by atoms with van der Waals surface area (Å²) in [5.41, 5.74) is 3.46. The molecule has 1 nitrogen and oxygen atoms in total. The van der Waals surface area contributed by atoms with Crippen LogP contribution >= 0.6 is 0 Å². The molecular formula is C19H33N. The van der Waals surface area contributed by atoms with E-state index in [0.717, 1.165) is 6.54 Å². The highest BCUT2D eigenvalue weighted by Gasteiger charge is 2.30. The third-order valence-corrected chi connectivity index (χ3v) is 4.34. The van der Waals surface area contributed by atoms with Crippen molar-refractivity contribution in [2.24, 2.45) is 0 Å². The topological polar surface area (TPSA) is 12.0 Å². The second kappa shape index (κ2) is 7.26. The fourth-order valence-electron chi connectivity index (χ4n) is 3.31. The lowest BCUT2D eigenvalue weighted by molar-refractivity contribution is 0.344. The van der Waals surface area contributed by atoms with Crippen molar-refractivity contribution in [3.8, 4) is 0 Å². The van der Waals surface area contributed by atoms with Crippen molar-refractivity contribution in [3.05, 3.63) is 35.4 Å². The molecule has 0 aliphatic carbocycles. The summed E-state index contributed by atoms with van der Waals surface area (Å²) >= 11 is 0. The number of likely N-dealkylation sites (N-methyl/N-ethyl adjacent to an activating group) is 1. The van der Waals surface area contributed by atoms with E-state index in [1.54, 1.807) is 0 Å². The molecule has 1 N–H and O–H groups in total. The standard InChI is InChI=1S/C19H33N/c1-7-13-19(14-8-2,15-20-6)17-11-9-16(10-12-17)18(3,4)5/h9-12,20H,7-8,13-15H2,1-6H3. The van der Waals surface area contributed by atoms with Crippen LogP contribution < -0.4 is 5.32 Å². The van der Waals surface area contributed by atoms with Crippen molar-refractivity contribution >= 4 is 0 Å². The first-order chi connectivity index (χ1) is 9.39. The highest BCUT2D eigenvalue weighted by atomic mass is 14.8. The van der Waals surface area contributed by atoms with Gasteiger partial charge in [0.2, 0.25) is 0 Å². The molecule has 0 saturated carbocycles. The zero-order chi connectivity index (χ0) is 15.2. The van der Waals surface area contributed by atoms with E-state index in [4.69, 9.17) is 0 Å². The number of hydrogen-bond acceptors (Lipinski definition) is 1. The number of hydrogen-bond donors (Lipinski definition) is 1. The van der Waals surface area contributed by atoms with Crippen molar-refractivity contribution in [1.29, 1.82) is 0 Å². The zero-order valence-electron chi connectivity index (χ0n) is 14.3. The quantitative estimate of drug-likeness (QED) is 0.735. The summed E-state index contributed by atoms with van der Waals surface area (Å²) in [5, 5.41) is 3.42. The normalized spacial score (nSPS) is 12.7. The second-order valence-corrected chi connectivity index (χ2v) is 7.14. The summed E-state index contributed by atoms with van der Waals surface area (Å²) in [7, 11) is 2.07. The monoisotopic (exact) mass is 275 g/mol. The van der Waals surface area contributed by atoms with Crippen LogP contribution in [0.1, 0.15) is 71.4 Å². The van der Waals surface area contributed by atoms with Gasteiger partial charge in [-0.2, -0.15) is 0 Å². The Morgan fingerprint density at radius 3 is 1.65 bits per heavy atom. The van der Waals surface area contributed by atoms with Crippen molar-refractivity contribution < 1.29 is 0 Å². The smallest absolute Gasteiger partial charge is 0.00774 e. The first kappa shape index (κ1) is 17.2. The van der Waals surface area contributed by atoms with Crippen LogP contribution in [0, 0.1) is 0 Å². The van der Waals surface area contributed by atoms with Gasteiger partial charge in [0.15, 0.2) is 0 Å². The van der Waals surface area contributed by atoms with Crippen molar-refractivity contribution in [2.75, 3.05) is 13.6 Å². The maximum atomic E-state index is 3.42. The Bertz CT molecular complexity index is 366. The van der Waals surface area contributed by atoms with Gasteiger partial charge in [-0.05, 0) is 36.4 Å². The highest BCUT2D eigenvalue weighted by molar-refractivity contribution is 5.32. The molecule has 114 valence electrons. The number of benzene rings is 1. The van der Waals surface area contributed by atoms with Crippen LogP contribution in [-0.2, 0) is 10.8 Å². The number of nitrogens with one attached hydrogen (secondary N) is 1. The van der Waals surface area contributed by atoms with Gasteiger partial charge < -0.3 is 5.32 Å². The summed E-state index contributed by atoms with van der Waals surface area (Å²) in [6.07, 6.45) is 5.00. The molecule has 0 aliphatic heterocycles. The average molecular weight is 275 g/mol. The van der Waals surface area contributed by atoms with E-state index in [0.29, 0.717) is 5.41 Å². The molecular weight excluding hydrogens is 242 g/mol. The molecule has 0 amide bonds. The lowest BCUT2D eigenvalue weighted by Crippen LogP contribution is -2.36. The molecule has 0 fully saturated rings. The minimum Gasteiger partial charge on any atom is -0.319 e. The summed E-state index contributed by atoms with van der Waals surface area (Å²) in [6, 6.07) is 9.38. The van der Waals surface area contributed by atoms with Crippen molar-refractivity contribution in [3.63, 3.8) is 0 Å². The Hall–Kier alpha value is -0.820. The maximum absolute atomic E-state index is 3.42. The van der Waals surface area contributed by atoms with Gasteiger partial charge in [0.25, 0.3) is 0 Å². The van der Waals surface area contributed by atoms with Gasteiger partial charge in [-0.25, -0.2) is 0 Å². The van der Waals surface area contributed by atoms with Gasteiger partial charge in [-0.3, -0.25) is 0 Å². The van der Waals surface area contributed by atoms with Crippen LogP contribution in [0.15, 0.2) is 24.3 Å². The van der Waals surface area contributed by atoms with Crippen LogP contribution in [0.2, 0.25) is 0 Å². The molecule has 1 aromatic rings. The van der Waals surface area contributed by atoms with E-state index in [-0.39, 0.29) is 5.41 Å². The van der Waals surface area contributed by atoms with Crippen LogP contribution in [0.25, 0.3) is 0 Å². The summed E-state index contributed by atoms with van der Waals surface area (Å²) < 4.78 is 0. The summed E-state index contributed by atoms with van der Waals surface area (Å²) in [5.74, 6) is 0. The summed E-state index contributed by atoms with van der Waals surface area (Å²) in [4.78, 5) is 0. The molecule has 1 rings (SSSR count). The van der Waals surface area contributed by atoms with Gasteiger partial charge in [0, 0.05) is 12.0 Å². The van der Waals surface area contributed by atoms with Gasteiger partial charge in [-0.15, -0.1) is 0 Å². The molecule has 0 radical (unpaired) electrons. The highest BCUT2D eigenvalue weighted by Crippen LogP contribution is 2.35. The third-order valence-electron chi connectivity index (χ3n) is 4.34. The van der Waals surface area contributed by atoms with E-state index < -0.39 is 0 Å². The zero-order valence-corrected chi connectivity index (χ0v) is 14.3. The third kappa shape index (κ3) is 4.09. The molecule has 1 heteroatoms. The van der Waals surface area contributed by atoms with E-state index in [1.807, 2.05) is 0 Å². The van der Waals surface area contributed by atoms with E-state index in [9.17, 15) is 0 Å². The lowest BCUT2D eigenvalue weighted by Gasteiger charge is -2.35. The molecule has 20 heavy (non-hydrogen) atoms. The minimum absolute atomic E-state index is 0.236. The van der Waals surface area contributed by atoms with Crippen LogP contribution in [-0.4, -0.2) is 13.6 Å². The van der Waals surface area contributed by atoms with Crippen LogP contribution in [0.5, 0.6) is 0 Å². The largest absolute Gasteiger partial charge is 0.319 e. The second-order valence-electron chi connectivity index (χ2n) is 7.14. The van der Waals surface area contributed by atoms with E-state index >= 15 is 0 Å². The van der Waals surface area contributed by atoms with Crippen molar-refractivity contribution in [1.82, 2.24) is 5.32 Å². The minimum atomic E-state index is 0.236. The Morgan fingerprint density at radius 1 is 0.850 bits per heavy atom. The fraction of sp³-hybridized carbons (Fsp3) is 0.684. The molecule has 0 atom stereocenters. The molecule has 0 spiro atoms. The molecule has 1 aromatic carbocycles. The molecule has 0 unspecified atom stereocenters. The Morgan fingerprint density at radius 2 is 1.30 bits per heavy atom. The lowest BCUT2D eigenvalue weighted by atomic mass is 9.72. The fourth-order valence-corrected chi connectivity index (χ4v) is 3.31. The first-order valence-electron chi connectivity index (χ1n) is 8.15. The first-order valence-corrected chi connectivity index (χ1v) is 8.15. The SMILES string of the molecule is CCCC(CCC)(CNC)c1ccc(C(C)(C)C)cc1. The van der Waals surface area contributed by atoms with E-state index in [1.165, 1.54) is 36.8 Å².